The van der Waals surface area contributed by atoms with E-state index in [9.17, 15) is 8.42 Å². The van der Waals surface area contributed by atoms with E-state index in [4.69, 9.17) is 20.2 Å². The third kappa shape index (κ3) is 9.92. The van der Waals surface area contributed by atoms with Gasteiger partial charge in [-0.15, -0.1) is 0 Å². The summed E-state index contributed by atoms with van der Waals surface area (Å²) in [4.78, 5) is 2.48. The minimum absolute atomic E-state index is 0.0602. The summed E-state index contributed by atoms with van der Waals surface area (Å²) in [5.41, 5.74) is 1.27. The summed E-state index contributed by atoms with van der Waals surface area (Å²) >= 11 is 1.72. The summed E-state index contributed by atoms with van der Waals surface area (Å²) < 4.78 is 37.3. The first kappa shape index (κ1) is 34.8. The lowest BCUT2D eigenvalue weighted by Crippen LogP contribution is -2.25. The standard InChI is InChI=1S/C36H45ClO4S2/c1-9-11-12-32(10-2)42-33-21-19-30(20-22-33)41-29-16-13-27(14-17-29)36(7,8)28-15-18-31(24-34(23-28)43(37,38)39)40-25-35(5,6)26(3)4/h10-23,26H,9,24-25H2,1-8H3/b12-11-,32-10+. The maximum absolute atomic E-state index is 12.5. The van der Waals surface area contributed by atoms with Gasteiger partial charge in [0.15, 0.2) is 0 Å². The molecule has 7 heteroatoms. The average Bonchev–Trinajstić information content (AvgIpc) is 3.19. The molecule has 2 aromatic rings. The van der Waals surface area contributed by atoms with Gasteiger partial charge in [-0.3, -0.25) is 0 Å². The monoisotopic (exact) mass is 640 g/mol. The van der Waals surface area contributed by atoms with Gasteiger partial charge >= 0.3 is 0 Å². The van der Waals surface area contributed by atoms with Crippen LogP contribution in [0.4, 0.5) is 0 Å². The molecule has 2 aromatic carbocycles. The molecule has 0 saturated heterocycles. The number of hydrogen-bond donors (Lipinski definition) is 0. The molecule has 3 rings (SSSR count). The first-order valence-corrected chi connectivity index (χ1v) is 17.9. The highest BCUT2D eigenvalue weighted by Crippen LogP contribution is 2.39. The molecule has 0 aliphatic heterocycles. The van der Waals surface area contributed by atoms with Crippen LogP contribution < -0.4 is 4.74 Å². The van der Waals surface area contributed by atoms with E-state index in [1.54, 1.807) is 17.8 Å². The molecular formula is C36H45ClO4S2. The van der Waals surface area contributed by atoms with Crippen LogP contribution in [-0.2, 0) is 19.2 Å². The minimum Gasteiger partial charge on any atom is -0.497 e. The zero-order valence-corrected chi connectivity index (χ0v) is 29.0. The smallest absolute Gasteiger partial charge is 0.257 e. The fourth-order valence-corrected chi connectivity index (χ4v) is 5.86. The quantitative estimate of drug-likeness (QED) is 0.124. The van der Waals surface area contributed by atoms with Gasteiger partial charge in [0.1, 0.15) is 17.3 Å². The topological polar surface area (TPSA) is 52.6 Å². The van der Waals surface area contributed by atoms with Crippen molar-refractivity contribution in [2.75, 3.05) is 6.61 Å². The molecular weight excluding hydrogens is 596 g/mol. The summed E-state index contributed by atoms with van der Waals surface area (Å²) in [5, 5.41) is 0. The Hall–Kier alpha value is -2.67. The van der Waals surface area contributed by atoms with Gasteiger partial charge < -0.3 is 9.47 Å². The molecule has 0 saturated carbocycles. The van der Waals surface area contributed by atoms with Gasteiger partial charge in [-0.25, -0.2) is 8.42 Å². The van der Waals surface area contributed by atoms with Gasteiger partial charge in [-0.1, -0.05) is 96.7 Å². The second-order valence-electron chi connectivity index (χ2n) is 12.2. The third-order valence-corrected chi connectivity index (χ3v) is 10.6. The predicted molar refractivity (Wildman–Crippen MR) is 183 cm³/mol. The van der Waals surface area contributed by atoms with Crippen molar-refractivity contribution in [1.82, 2.24) is 0 Å². The molecule has 0 heterocycles. The molecule has 0 spiro atoms. The predicted octanol–water partition coefficient (Wildman–Crippen LogP) is 11.1. The second-order valence-corrected chi connectivity index (χ2v) is 16.0. The largest absolute Gasteiger partial charge is 0.497 e. The van der Waals surface area contributed by atoms with E-state index in [0.717, 1.165) is 34.0 Å². The lowest BCUT2D eigenvalue weighted by atomic mass is 9.77. The molecule has 0 unspecified atom stereocenters. The summed E-state index contributed by atoms with van der Waals surface area (Å²) in [5.74, 6) is 2.47. The number of allylic oxidation sites excluding steroid dienone is 8. The number of halogens is 1. The molecule has 0 bridgehead atoms. The Morgan fingerprint density at radius 1 is 1.00 bits per heavy atom. The normalized spacial score (nSPS) is 15.2. The zero-order valence-electron chi connectivity index (χ0n) is 26.6. The number of benzene rings is 2. The Kier molecular flexibility index (Phi) is 12.0. The SMILES string of the molecule is C/C=C(\C=C/CC)Sc1ccc(Oc2ccc(C(C)(C)C3=CC=C(OCC(C)(C)C(C)C)CC(S(=O)(=O)Cl)=C3)cc2)cc1. The van der Waals surface area contributed by atoms with Crippen molar-refractivity contribution in [1.29, 1.82) is 0 Å². The van der Waals surface area contributed by atoms with Crippen LogP contribution in [0, 0.1) is 11.3 Å². The summed E-state index contributed by atoms with van der Waals surface area (Å²) in [6.45, 7) is 17.4. The van der Waals surface area contributed by atoms with Crippen molar-refractivity contribution in [3.8, 4) is 11.5 Å². The number of rotatable bonds is 13. The van der Waals surface area contributed by atoms with Crippen LogP contribution in [0.25, 0.3) is 0 Å². The van der Waals surface area contributed by atoms with Gasteiger partial charge in [-0.2, -0.15) is 0 Å². The Bertz CT molecular complexity index is 1510. The van der Waals surface area contributed by atoms with E-state index >= 15 is 0 Å². The van der Waals surface area contributed by atoms with Crippen molar-refractivity contribution in [2.24, 2.45) is 11.3 Å². The number of thioether (sulfide) groups is 1. The molecule has 0 fully saturated rings. The maximum Gasteiger partial charge on any atom is 0.257 e. The van der Waals surface area contributed by atoms with Crippen LogP contribution in [-0.4, -0.2) is 15.0 Å². The molecule has 0 N–H and O–H groups in total. The zero-order chi connectivity index (χ0) is 31.8. The molecule has 0 atom stereocenters. The molecule has 1 aliphatic carbocycles. The molecule has 0 radical (unpaired) electrons. The molecule has 0 amide bonds. The summed E-state index contributed by atoms with van der Waals surface area (Å²) in [7, 11) is 1.94. The minimum atomic E-state index is -3.94. The number of ether oxygens (including phenoxy) is 2. The molecule has 0 aromatic heterocycles. The number of hydrogen-bond acceptors (Lipinski definition) is 5. The van der Waals surface area contributed by atoms with Crippen molar-refractivity contribution >= 4 is 31.5 Å². The van der Waals surface area contributed by atoms with Crippen LogP contribution in [0.15, 0.2) is 111 Å². The van der Waals surface area contributed by atoms with E-state index in [1.165, 1.54) is 4.91 Å². The fourth-order valence-electron chi connectivity index (χ4n) is 4.15. The van der Waals surface area contributed by atoms with Gasteiger partial charge in [0.05, 0.1) is 11.5 Å². The van der Waals surface area contributed by atoms with E-state index in [1.807, 2.05) is 55.5 Å². The van der Waals surface area contributed by atoms with Crippen molar-refractivity contribution in [3.63, 3.8) is 0 Å². The Morgan fingerprint density at radius 3 is 2.14 bits per heavy atom. The maximum atomic E-state index is 12.5. The lowest BCUT2D eigenvalue weighted by Gasteiger charge is -2.29. The third-order valence-electron chi connectivity index (χ3n) is 8.01. The van der Waals surface area contributed by atoms with E-state index < -0.39 is 14.5 Å². The van der Waals surface area contributed by atoms with E-state index in [0.29, 0.717) is 18.3 Å². The van der Waals surface area contributed by atoms with Gasteiger partial charge in [-0.05, 0) is 78.9 Å². The lowest BCUT2D eigenvalue weighted by molar-refractivity contribution is 0.0783. The van der Waals surface area contributed by atoms with Crippen LogP contribution in [0.1, 0.15) is 73.8 Å². The van der Waals surface area contributed by atoms with Crippen LogP contribution in [0.2, 0.25) is 0 Å². The van der Waals surface area contributed by atoms with Crippen molar-refractivity contribution in [3.05, 3.63) is 112 Å². The average molecular weight is 641 g/mol. The fraction of sp³-hybridized carbons (Fsp3) is 0.389. The van der Waals surface area contributed by atoms with E-state index in [-0.39, 0.29) is 16.7 Å². The van der Waals surface area contributed by atoms with Crippen LogP contribution in [0.5, 0.6) is 11.5 Å². The first-order valence-electron chi connectivity index (χ1n) is 14.7. The van der Waals surface area contributed by atoms with Gasteiger partial charge in [0.25, 0.3) is 9.05 Å². The van der Waals surface area contributed by atoms with E-state index in [2.05, 4.69) is 78.8 Å². The van der Waals surface area contributed by atoms with Crippen molar-refractivity contribution < 1.29 is 17.9 Å². The summed E-state index contributed by atoms with van der Waals surface area (Å²) in [6.07, 6.45) is 13.0. The molecule has 4 nitrogen and oxygen atoms in total. The van der Waals surface area contributed by atoms with Gasteiger partial charge in [0.2, 0.25) is 0 Å². The highest BCUT2D eigenvalue weighted by molar-refractivity contribution is 8.16. The molecule has 1 aliphatic rings. The van der Waals surface area contributed by atoms with Gasteiger partial charge in [0, 0.05) is 37.7 Å². The Balaban J connectivity index is 1.79. The summed E-state index contributed by atoms with van der Waals surface area (Å²) in [6, 6.07) is 16.0. The molecule has 43 heavy (non-hydrogen) atoms. The van der Waals surface area contributed by atoms with Crippen LogP contribution in [0.3, 0.4) is 0 Å². The first-order chi connectivity index (χ1) is 20.2. The highest BCUT2D eigenvalue weighted by atomic mass is 35.7. The van der Waals surface area contributed by atoms with Crippen molar-refractivity contribution in [2.45, 2.75) is 78.5 Å². The second kappa shape index (κ2) is 14.9. The Morgan fingerprint density at radius 2 is 1.60 bits per heavy atom. The molecule has 232 valence electrons. The Labute approximate surface area is 268 Å². The van der Waals surface area contributed by atoms with Crippen LogP contribution >= 0.6 is 22.4 Å². The highest BCUT2D eigenvalue weighted by Gasteiger charge is 2.29.